The molecule has 0 aliphatic heterocycles. The van der Waals surface area contributed by atoms with E-state index in [0.717, 1.165) is 32.1 Å². The summed E-state index contributed by atoms with van der Waals surface area (Å²) in [7, 11) is 0. The van der Waals surface area contributed by atoms with Crippen LogP contribution in [-0.2, 0) is 4.79 Å². The molecule has 150 valence electrons. The van der Waals surface area contributed by atoms with Crippen molar-refractivity contribution in [1.29, 1.82) is 0 Å². The number of carbonyl (C=O) groups is 1. The maximum atomic E-state index is 11.6. The summed E-state index contributed by atoms with van der Waals surface area (Å²) in [4.78, 5) is 11.6. The molecule has 0 aromatic carbocycles. The number of rotatable bonds is 21. The van der Waals surface area contributed by atoms with Crippen molar-refractivity contribution in [2.24, 2.45) is 0 Å². The van der Waals surface area contributed by atoms with E-state index in [1.807, 2.05) is 0 Å². The molecule has 0 saturated carbocycles. The predicted octanol–water partition coefficient (Wildman–Crippen LogP) is 8.79. The van der Waals surface area contributed by atoms with E-state index in [9.17, 15) is 4.79 Å². The van der Waals surface area contributed by atoms with Gasteiger partial charge in [0.05, 0.1) is 0 Å². The zero-order valence-electron chi connectivity index (χ0n) is 17.8. The Balaban J connectivity index is 3.04. The molecule has 0 N–H and O–H groups in total. The van der Waals surface area contributed by atoms with Crippen molar-refractivity contribution in [3.05, 3.63) is 0 Å². The van der Waals surface area contributed by atoms with Gasteiger partial charge in [0.2, 0.25) is 0 Å². The highest BCUT2D eigenvalue weighted by atomic mass is 16.1. The van der Waals surface area contributed by atoms with Crippen LogP contribution in [0.25, 0.3) is 0 Å². The standard InChI is InChI=1S/C24H48O/c1-3-5-7-8-9-10-11-12-13-14-15-16-17-18-19-20-21-23-24(25)22-6-4-2/h3-23H2,1-2H3. The van der Waals surface area contributed by atoms with Crippen molar-refractivity contribution in [2.75, 3.05) is 0 Å². The summed E-state index contributed by atoms with van der Waals surface area (Å²) in [5.41, 5.74) is 0. The Kier molecular flexibility index (Phi) is 21.4. The molecular formula is C24H48O. The summed E-state index contributed by atoms with van der Waals surface area (Å²) < 4.78 is 0. The fraction of sp³-hybridized carbons (Fsp3) is 0.958. The lowest BCUT2D eigenvalue weighted by Gasteiger charge is -2.04. The molecular weight excluding hydrogens is 304 g/mol. The molecule has 0 unspecified atom stereocenters. The molecule has 0 amide bonds. The van der Waals surface area contributed by atoms with Gasteiger partial charge in [0.1, 0.15) is 5.78 Å². The molecule has 0 radical (unpaired) electrons. The van der Waals surface area contributed by atoms with E-state index in [1.165, 1.54) is 103 Å². The Morgan fingerprint density at radius 2 is 0.680 bits per heavy atom. The molecule has 0 rings (SSSR count). The van der Waals surface area contributed by atoms with Crippen LogP contribution in [0.15, 0.2) is 0 Å². The summed E-state index contributed by atoms with van der Waals surface area (Å²) in [5.74, 6) is 0.489. The molecule has 1 heteroatoms. The quantitative estimate of drug-likeness (QED) is 0.189. The molecule has 0 heterocycles. The second-order valence-corrected chi connectivity index (χ2v) is 8.05. The van der Waals surface area contributed by atoms with Crippen molar-refractivity contribution < 1.29 is 4.79 Å². The second-order valence-electron chi connectivity index (χ2n) is 8.05. The Labute approximate surface area is 159 Å². The van der Waals surface area contributed by atoms with Gasteiger partial charge in [0.15, 0.2) is 0 Å². The third-order valence-electron chi connectivity index (χ3n) is 5.37. The largest absolute Gasteiger partial charge is 0.300 e. The average Bonchev–Trinajstić information content (AvgIpc) is 2.62. The molecule has 0 saturated heterocycles. The lowest BCUT2D eigenvalue weighted by atomic mass is 10.0. The number of carbonyl (C=O) groups excluding carboxylic acids is 1. The van der Waals surface area contributed by atoms with E-state index in [0.29, 0.717) is 5.78 Å². The minimum atomic E-state index is 0.489. The zero-order chi connectivity index (χ0) is 18.4. The fourth-order valence-corrected chi connectivity index (χ4v) is 3.55. The summed E-state index contributed by atoms with van der Waals surface area (Å²) >= 11 is 0. The highest BCUT2D eigenvalue weighted by Crippen LogP contribution is 2.14. The van der Waals surface area contributed by atoms with Crippen LogP contribution in [0.4, 0.5) is 0 Å². The Hall–Kier alpha value is -0.330. The zero-order valence-corrected chi connectivity index (χ0v) is 17.8. The van der Waals surface area contributed by atoms with E-state index in [1.54, 1.807) is 0 Å². The minimum Gasteiger partial charge on any atom is -0.300 e. The van der Waals surface area contributed by atoms with Gasteiger partial charge in [-0.3, -0.25) is 4.79 Å². The van der Waals surface area contributed by atoms with Crippen molar-refractivity contribution in [3.63, 3.8) is 0 Å². The lowest BCUT2D eigenvalue weighted by molar-refractivity contribution is -0.119. The number of ketones is 1. The summed E-state index contributed by atoms with van der Waals surface area (Å²) in [6.07, 6.45) is 27.7. The molecule has 0 aromatic rings. The van der Waals surface area contributed by atoms with Crippen LogP contribution >= 0.6 is 0 Å². The van der Waals surface area contributed by atoms with E-state index in [-0.39, 0.29) is 0 Å². The molecule has 0 aromatic heterocycles. The van der Waals surface area contributed by atoms with Crippen LogP contribution in [-0.4, -0.2) is 5.78 Å². The number of hydrogen-bond acceptors (Lipinski definition) is 1. The van der Waals surface area contributed by atoms with Crippen LogP contribution in [0, 0.1) is 0 Å². The molecule has 25 heavy (non-hydrogen) atoms. The van der Waals surface area contributed by atoms with Crippen LogP contribution in [0.3, 0.4) is 0 Å². The number of unbranched alkanes of at least 4 members (excludes halogenated alkanes) is 17. The first-order valence-corrected chi connectivity index (χ1v) is 11.8. The van der Waals surface area contributed by atoms with Gasteiger partial charge in [-0.1, -0.05) is 123 Å². The first-order chi connectivity index (χ1) is 12.3. The maximum Gasteiger partial charge on any atom is 0.132 e. The molecule has 1 nitrogen and oxygen atoms in total. The molecule has 0 spiro atoms. The molecule has 0 fully saturated rings. The normalized spacial score (nSPS) is 11.1. The van der Waals surface area contributed by atoms with Gasteiger partial charge in [-0.2, -0.15) is 0 Å². The van der Waals surface area contributed by atoms with Gasteiger partial charge in [-0.05, 0) is 12.8 Å². The topological polar surface area (TPSA) is 17.1 Å². The van der Waals surface area contributed by atoms with Gasteiger partial charge >= 0.3 is 0 Å². The van der Waals surface area contributed by atoms with Crippen molar-refractivity contribution in [2.45, 2.75) is 149 Å². The van der Waals surface area contributed by atoms with Gasteiger partial charge in [-0.15, -0.1) is 0 Å². The Morgan fingerprint density at radius 1 is 0.400 bits per heavy atom. The van der Waals surface area contributed by atoms with Gasteiger partial charge in [-0.25, -0.2) is 0 Å². The van der Waals surface area contributed by atoms with E-state index < -0.39 is 0 Å². The van der Waals surface area contributed by atoms with Crippen LogP contribution in [0.5, 0.6) is 0 Å². The van der Waals surface area contributed by atoms with Crippen LogP contribution in [0.1, 0.15) is 149 Å². The monoisotopic (exact) mass is 352 g/mol. The van der Waals surface area contributed by atoms with Crippen molar-refractivity contribution in [3.8, 4) is 0 Å². The van der Waals surface area contributed by atoms with E-state index in [4.69, 9.17) is 0 Å². The van der Waals surface area contributed by atoms with Crippen molar-refractivity contribution in [1.82, 2.24) is 0 Å². The van der Waals surface area contributed by atoms with Crippen LogP contribution in [0.2, 0.25) is 0 Å². The van der Waals surface area contributed by atoms with Crippen LogP contribution < -0.4 is 0 Å². The third kappa shape index (κ3) is 21.6. The third-order valence-corrected chi connectivity index (χ3v) is 5.37. The highest BCUT2D eigenvalue weighted by Gasteiger charge is 2.00. The molecule has 0 bridgehead atoms. The highest BCUT2D eigenvalue weighted by molar-refractivity contribution is 5.78. The van der Waals surface area contributed by atoms with Gasteiger partial charge < -0.3 is 0 Å². The lowest BCUT2D eigenvalue weighted by Crippen LogP contribution is -1.96. The number of Topliss-reactive ketones (excluding diaryl/α,β-unsaturated/α-hetero) is 1. The molecule has 0 aliphatic carbocycles. The van der Waals surface area contributed by atoms with Crippen molar-refractivity contribution >= 4 is 5.78 Å². The van der Waals surface area contributed by atoms with Gasteiger partial charge in [0.25, 0.3) is 0 Å². The maximum absolute atomic E-state index is 11.6. The first kappa shape index (κ1) is 24.7. The number of hydrogen-bond donors (Lipinski definition) is 0. The first-order valence-electron chi connectivity index (χ1n) is 11.8. The smallest absolute Gasteiger partial charge is 0.132 e. The average molecular weight is 353 g/mol. The fourth-order valence-electron chi connectivity index (χ4n) is 3.55. The van der Waals surface area contributed by atoms with Gasteiger partial charge in [0, 0.05) is 12.8 Å². The minimum absolute atomic E-state index is 0.489. The molecule has 0 atom stereocenters. The Morgan fingerprint density at radius 3 is 1.04 bits per heavy atom. The SMILES string of the molecule is CCCCCCCCCCCCCCCCCCCC(=O)CCCC. The summed E-state index contributed by atoms with van der Waals surface area (Å²) in [5, 5.41) is 0. The Bertz CT molecular complexity index is 259. The van der Waals surface area contributed by atoms with E-state index in [2.05, 4.69) is 13.8 Å². The predicted molar refractivity (Wildman–Crippen MR) is 113 cm³/mol. The summed E-state index contributed by atoms with van der Waals surface area (Å²) in [6.45, 7) is 4.45. The van der Waals surface area contributed by atoms with E-state index >= 15 is 0 Å². The second kappa shape index (κ2) is 21.7. The molecule has 0 aliphatic rings. The summed E-state index contributed by atoms with van der Waals surface area (Å²) in [6, 6.07) is 0.